The number of nitrogens with one attached hydrogen (secondary N) is 1. The van der Waals surface area contributed by atoms with Gasteiger partial charge in [-0.1, -0.05) is 62.2 Å². The Morgan fingerprint density at radius 3 is 2.28 bits per heavy atom. The number of para-hydroxylation sites is 2. The zero-order chi connectivity index (χ0) is 27.6. The van der Waals surface area contributed by atoms with E-state index in [2.05, 4.69) is 12.2 Å². The zero-order valence-electron chi connectivity index (χ0n) is 21.9. The summed E-state index contributed by atoms with van der Waals surface area (Å²) >= 11 is 0. The van der Waals surface area contributed by atoms with Gasteiger partial charge >= 0.3 is 0 Å². The van der Waals surface area contributed by atoms with Crippen molar-refractivity contribution in [2.75, 3.05) is 23.8 Å². The van der Waals surface area contributed by atoms with E-state index in [0.717, 1.165) is 18.5 Å². The Morgan fingerprint density at radius 2 is 1.59 bits per heavy atom. The second-order valence-electron chi connectivity index (χ2n) is 9.74. The Balaban J connectivity index is 1.77. The number of hydrogen-bond donors (Lipinski definition) is 1. The molecule has 0 bridgehead atoms. The average molecular weight is 548 g/mol. The number of sulfonamides is 1. The molecule has 1 N–H and O–H groups in total. The fourth-order valence-corrected chi connectivity index (χ4v) is 6.58. The molecule has 0 aromatic heterocycles. The van der Waals surface area contributed by atoms with Crippen LogP contribution in [0.5, 0.6) is 0 Å². The van der Waals surface area contributed by atoms with Crippen molar-refractivity contribution in [2.24, 2.45) is 0 Å². The number of rotatable bonds is 7. The quantitative estimate of drug-likeness (QED) is 0.258. The first-order valence-electron chi connectivity index (χ1n) is 13.1. The highest BCUT2D eigenvalue weighted by Crippen LogP contribution is 2.44. The summed E-state index contributed by atoms with van der Waals surface area (Å²) in [5.74, 6) is -0.845. The third-order valence-electron chi connectivity index (χ3n) is 7.21. The first-order valence-corrected chi connectivity index (χ1v) is 14.5. The largest absolute Gasteiger partial charge is 0.353 e. The van der Waals surface area contributed by atoms with Gasteiger partial charge in [-0.05, 0) is 60.5 Å². The lowest BCUT2D eigenvalue weighted by Gasteiger charge is -2.30. The number of hydrogen-bond acceptors (Lipinski definition) is 4. The number of likely N-dealkylation sites (N-methyl/N-ethyl adjacent to an activating group) is 1. The SMILES string of the molecule is CCCC[C@@H]1CN(c2ccccc2)c2cc(Nc3ccccc3F)c(-c3ccc(F)cc3)cc2S(=O)(=O)N1C. The molecular weight excluding hydrogens is 516 g/mol. The minimum Gasteiger partial charge on any atom is -0.353 e. The summed E-state index contributed by atoms with van der Waals surface area (Å²) in [6.07, 6.45) is 2.56. The lowest BCUT2D eigenvalue weighted by atomic mass is 10.0. The van der Waals surface area contributed by atoms with Gasteiger partial charge in [-0.3, -0.25) is 0 Å². The van der Waals surface area contributed by atoms with Crippen molar-refractivity contribution in [2.45, 2.75) is 37.1 Å². The Morgan fingerprint density at radius 1 is 0.897 bits per heavy atom. The van der Waals surface area contributed by atoms with E-state index in [0.29, 0.717) is 35.5 Å². The van der Waals surface area contributed by atoms with Crippen molar-refractivity contribution in [1.82, 2.24) is 4.31 Å². The highest BCUT2D eigenvalue weighted by molar-refractivity contribution is 7.89. The average Bonchev–Trinajstić information content (AvgIpc) is 3.02. The first-order chi connectivity index (χ1) is 18.8. The number of benzene rings is 4. The lowest BCUT2D eigenvalue weighted by Crippen LogP contribution is -2.40. The zero-order valence-corrected chi connectivity index (χ0v) is 22.8. The van der Waals surface area contributed by atoms with Crippen LogP contribution < -0.4 is 10.2 Å². The van der Waals surface area contributed by atoms with Crippen molar-refractivity contribution in [1.29, 1.82) is 0 Å². The summed E-state index contributed by atoms with van der Waals surface area (Å²) in [5.41, 5.74) is 3.24. The van der Waals surface area contributed by atoms with Crippen LogP contribution in [0.25, 0.3) is 11.1 Å². The van der Waals surface area contributed by atoms with Crippen molar-refractivity contribution < 1.29 is 17.2 Å². The van der Waals surface area contributed by atoms with Crippen LogP contribution in [0.1, 0.15) is 26.2 Å². The Labute approximate surface area is 228 Å². The highest BCUT2D eigenvalue weighted by atomic mass is 32.2. The standard InChI is InChI=1S/C31H31F2N3O2S/c1-3-4-10-25-21-36(24-11-6-5-7-12-24)30-20-29(34-28-14-9-8-13-27(28)33)26(22-15-17-23(32)18-16-22)19-31(30)39(37,38)35(25)2/h5-9,11-20,25,34H,3-4,10,21H2,1-2H3/t25-/m1/s1. The molecule has 39 heavy (non-hydrogen) atoms. The van der Waals surface area contributed by atoms with Crippen LogP contribution in [0, 0.1) is 11.6 Å². The van der Waals surface area contributed by atoms with Gasteiger partial charge < -0.3 is 10.2 Å². The molecule has 5 rings (SSSR count). The molecule has 0 fully saturated rings. The maximum atomic E-state index is 14.7. The van der Waals surface area contributed by atoms with Gasteiger partial charge in [0.05, 0.1) is 11.4 Å². The van der Waals surface area contributed by atoms with Gasteiger partial charge in [0.2, 0.25) is 10.0 Å². The van der Waals surface area contributed by atoms with Crippen LogP contribution in [-0.2, 0) is 10.0 Å². The van der Waals surface area contributed by atoms with E-state index in [-0.39, 0.29) is 16.6 Å². The van der Waals surface area contributed by atoms with E-state index in [4.69, 9.17) is 0 Å². The van der Waals surface area contributed by atoms with E-state index in [9.17, 15) is 17.2 Å². The summed E-state index contributed by atoms with van der Waals surface area (Å²) < 4.78 is 58.2. The highest BCUT2D eigenvalue weighted by Gasteiger charge is 2.37. The first kappa shape index (κ1) is 26.8. The molecular formula is C31H31F2N3O2S. The van der Waals surface area contributed by atoms with Gasteiger partial charge in [0.25, 0.3) is 0 Å². The molecule has 0 radical (unpaired) electrons. The fraction of sp³-hybridized carbons (Fsp3) is 0.226. The van der Waals surface area contributed by atoms with Gasteiger partial charge in [0.15, 0.2) is 0 Å². The summed E-state index contributed by atoms with van der Waals surface area (Å²) in [4.78, 5) is 2.17. The number of fused-ring (bicyclic) bond motifs is 1. The number of nitrogens with zero attached hydrogens (tertiary/aromatic N) is 2. The molecule has 4 aromatic rings. The predicted molar refractivity (Wildman–Crippen MR) is 153 cm³/mol. The molecule has 1 atom stereocenters. The summed E-state index contributed by atoms with van der Waals surface area (Å²) in [7, 11) is -2.26. The smallest absolute Gasteiger partial charge is 0.245 e. The summed E-state index contributed by atoms with van der Waals surface area (Å²) in [6.45, 7) is 2.55. The molecule has 1 aliphatic rings. The second-order valence-corrected chi connectivity index (χ2v) is 11.7. The molecule has 0 amide bonds. The van der Waals surface area contributed by atoms with Gasteiger partial charge in [-0.15, -0.1) is 0 Å². The topological polar surface area (TPSA) is 52.7 Å². The molecule has 5 nitrogen and oxygen atoms in total. The number of anilines is 4. The van der Waals surface area contributed by atoms with Gasteiger partial charge in [0.1, 0.15) is 16.5 Å². The van der Waals surface area contributed by atoms with Crippen molar-refractivity contribution in [3.8, 4) is 11.1 Å². The Hall–Kier alpha value is -3.75. The van der Waals surface area contributed by atoms with Crippen molar-refractivity contribution >= 4 is 32.8 Å². The third kappa shape index (κ3) is 5.40. The van der Waals surface area contributed by atoms with E-state index in [1.165, 1.54) is 22.5 Å². The molecule has 0 saturated carbocycles. The number of halogens is 2. The molecule has 0 spiro atoms. The molecule has 202 valence electrons. The van der Waals surface area contributed by atoms with E-state index >= 15 is 0 Å². The van der Waals surface area contributed by atoms with Crippen LogP contribution in [0.3, 0.4) is 0 Å². The van der Waals surface area contributed by atoms with Gasteiger partial charge in [-0.2, -0.15) is 4.31 Å². The summed E-state index contributed by atoms with van der Waals surface area (Å²) in [6, 6.07) is 24.9. The van der Waals surface area contributed by atoms with E-state index in [1.54, 1.807) is 49.5 Å². The minimum absolute atomic E-state index is 0.145. The van der Waals surface area contributed by atoms with Crippen molar-refractivity contribution in [3.05, 3.63) is 103 Å². The van der Waals surface area contributed by atoms with Gasteiger partial charge in [-0.25, -0.2) is 17.2 Å². The van der Waals surface area contributed by atoms with Crippen LogP contribution in [0.4, 0.5) is 31.5 Å². The van der Waals surface area contributed by atoms with Gasteiger partial charge in [0, 0.05) is 36.6 Å². The molecule has 0 saturated heterocycles. The minimum atomic E-state index is -3.90. The monoisotopic (exact) mass is 547 g/mol. The Bertz CT molecular complexity index is 1560. The molecule has 1 heterocycles. The van der Waals surface area contributed by atoms with Crippen LogP contribution in [0.2, 0.25) is 0 Å². The lowest BCUT2D eigenvalue weighted by molar-refractivity contribution is 0.351. The number of unbranched alkanes of at least 4 members (excludes halogenated alkanes) is 1. The molecule has 0 unspecified atom stereocenters. The Kier molecular flexibility index (Phi) is 7.68. The van der Waals surface area contributed by atoms with E-state index < -0.39 is 21.7 Å². The predicted octanol–water partition coefficient (Wildman–Crippen LogP) is 7.71. The van der Waals surface area contributed by atoms with Crippen molar-refractivity contribution in [3.63, 3.8) is 0 Å². The third-order valence-corrected chi connectivity index (χ3v) is 9.15. The second kappa shape index (κ2) is 11.2. The molecule has 0 aliphatic carbocycles. The molecule has 8 heteroatoms. The van der Waals surface area contributed by atoms with Crippen LogP contribution in [-0.4, -0.2) is 32.4 Å². The fourth-order valence-electron chi connectivity index (χ4n) is 5.01. The normalized spacial score (nSPS) is 16.9. The van der Waals surface area contributed by atoms with E-state index in [1.807, 2.05) is 35.2 Å². The van der Waals surface area contributed by atoms with Crippen LogP contribution in [0.15, 0.2) is 95.9 Å². The summed E-state index contributed by atoms with van der Waals surface area (Å²) in [5, 5.41) is 3.18. The molecule has 4 aromatic carbocycles. The molecule has 1 aliphatic heterocycles. The maximum absolute atomic E-state index is 14.7. The maximum Gasteiger partial charge on any atom is 0.245 e. The van der Waals surface area contributed by atoms with Crippen LogP contribution >= 0.6 is 0 Å².